The Morgan fingerprint density at radius 3 is 2.25 bits per heavy atom. The topological polar surface area (TPSA) is 99.3 Å². The van der Waals surface area contributed by atoms with Crippen molar-refractivity contribution in [2.24, 2.45) is 11.7 Å². The van der Waals surface area contributed by atoms with Crippen molar-refractivity contribution in [3.05, 3.63) is 69.2 Å². The van der Waals surface area contributed by atoms with Gasteiger partial charge in [-0.2, -0.15) is 0 Å². The molecule has 2 amide bonds. The summed E-state index contributed by atoms with van der Waals surface area (Å²) in [6, 6.07) is 12.7. The maximum absolute atomic E-state index is 14.4. The number of aliphatic hydroxyl groups is 1. The highest BCUT2D eigenvalue weighted by Gasteiger charge is 2.48. The number of ether oxygens (including phenoxy) is 1. The predicted molar refractivity (Wildman–Crippen MR) is 176 cm³/mol. The molecule has 0 bridgehead atoms. The molecule has 238 valence electrons. The van der Waals surface area contributed by atoms with Gasteiger partial charge in [0.2, 0.25) is 11.8 Å². The van der Waals surface area contributed by atoms with Gasteiger partial charge in [0.15, 0.2) is 0 Å². The van der Waals surface area contributed by atoms with Crippen LogP contribution >= 0.6 is 34.8 Å². The lowest BCUT2D eigenvalue weighted by atomic mass is 9.82. The molecule has 0 aromatic heterocycles. The molecule has 2 aromatic carbocycles. The van der Waals surface area contributed by atoms with Crippen molar-refractivity contribution in [3.63, 3.8) is 0 Å². The van der Waals surface area contributed by atoms with E-state index in [2.05, 4.69) is 9.80 Å². The Kier molecular flexibility index (Phi) is 11.1. The zero-order valence-corrected chi connectivity index (χ0v) is 27.2. The number of carbonyl (C=O) groups is 2. The summed E-state index contributed by atoms with van der Waals surface area (Å²) in [5.74, 6) is -0.745. The van der Waals surface area contributed by atoms with Crippen LogP contribution in [0.25, 0.3) is 5.70 Å². The number of hydrogen-bond acceptors (Lipinski definition) is 6. The van der Waals surface area contributed by atoms with Crippen molar-refractivity contribution in [2.75, 3.05) is 50.9 Å². The fourth-order valence-electron chi connectivity index (χ4n) is 7.00. The van der Waals surface area contributed by atoms with Crippen LogP contribution < -0.4 is 10.6 Å². The number of benzene rings is 2. The van der Waals surface area contributed by atoms with Gasteiger partial charge in [-0.25, -0.2) is 0 Å². The number of piperidine rings is 2. The van der Waals surface area contributed by atoms with Crippen molar-refractivity contribution < 1.29 is 19.4 Å². The van der Waals surface area contributed by atoms with E-state index in [4.69, 9.17) is 50.4 Å². The molecule has 0 spiro atoms. The van der Waals surface area contributed by atoms with Gasteiger partial charge in [-0.3, -0.25) is 14.5 Å². The van der Waals surface area contributed by atoms with Gasteiger partial charge in [-0.1, -0.05) is 41.2 Å². The minimum absolute atomic E-state index is 0.0158. The normalized spacial score (nSPS) is 22.2. The first-order valence-corrected chi connectivity index (χ1v) is 16.6. The lowest BCUT2D eigenvalue weighted by Crippen LogP contribution is -2.64. The lowest BCUT2D eigenvalue weighted by Gasteiger charge is -2.48. The quantitative estimate of drug-likeness (QED) is 0.303. The fourth-order valence-corrected chi connectivity index (χ4v) is 7.63. The van der Waals surface area contributed by atoms with Crippen LogP contribution in [0.3, 0.4) is 0 Å². The van der Waals surface area contributed by atoms with Gasteiger partial charge < -0.3 is 25.4 Å². The Morgan fingerprint density at radius 2 is 1.61 bits per heavy atom. The van der Waals surface area contributed by atoms with Gasteiger partial charge in [-0.15, -0.1) is 0 Å². The van der Waals surface area contributed by atoms with E-state index in [1.54, 1.807) is 12.1 Å². The largest absolute Gasteiger partial charge is 0.394 e. The first kappa shape index (κ1) is 33.0. The molecule has 2 saturated heterocycles. The molecule has 3 aliphatic heterocycles. The Balaban J connectivity index is 1.46. The number of likely N-dealkylation sites (tertiary alicyclic amines) is 2. The van der Waals surface area contributed by atoms with Crippen LogP contribution in [-0.4, -0.2) is 84.3 Å². The smallest absolute Gasteiger partial charge is 0.238 e. The van der Waals surface area contributed by atoms with Crippen LogP contribution in [0, 0.1) is 5.92 Å². The first-order chi connectivity index (χ1) is 21.2. The summed E-state index contributed by atoms with van der Waals surface area (Å²) in [6.07, 6.45) is 7.71. The van der Waals surface area contributed by atoms with Crippen LogP contribution in [0.2, 0.25) is 15.1 Å². The number of nitrogens with two attached hydrogens (primary N) is 1. The molecule has 0 saturated carbocycles. The molecule has 5 rings (SSSR count). The summed E-state index contributed by atoms with van der Waals surface area (Å²) >= 11 is 19.3. The summed E-state index contributed by atoms with van der Waals surface area (Å²) in [6.45, 7) is 3.35. The zero-order valence-electron chi connectivity index (χ0n) is 24.9. The van der Waals surface area contributed by atoms with Gasteiger partial charge in [0, 0.05) is 52.7 Å². The number of hydrogen-bond donors (Lipinski definition) is 2. The minimum Gasteiger partial charge on any atom is -0.394 e. The number of carbonyl (C=O) groups excluding carboxylic acids is 2. The van der Waals surface area contributed by atoms with Gasteiger partial charge in [0.25, 0.3) is 0 Å². The number of primary amides is 1. The highest BCUT2D eigenvalue weighted by Crippen LogP contribution is 2.44. The van der Waals surface area contributed by atoms with Crippen LogP contribution in [-0.2, 0) is 14.3 Å². The monoisotopic (exact) mass is 662 g/mol. The third kappa shape index (κ3) is 7.06. The van der Waals surface area contributed by atoms with Crippen LogP contribution in [0.4, 0.5) is 5.69 Å². The summed E-state index contributed by atoms with van der Waals surface area (Å²) in [5, 5.41) is 10.8. The molecule has 0 radical (unpaired) electrons. The molecule has 2 atom stereocenters. The number of anilines is 1. The maximum atomic E-state index is 14.4. The van der Waals surface area contributed by atoms with Crippen molar-refractivity contribution in [2.45, 2.75) is 56.5 Å². The maximum Gasteiger partial charge on any atom is 0.238 e. The molecule has 3 aliphatic rings. The second-order valence-electron chi connectivity index (χ2n) is 11.9. The molecule has 44 heavy (non-hydrogen) atoms. The summed E-state index contributed by atoms with van der Waals surface area (Å²) in [4.78, 5) is 33.6. The molecule has 11 heteroatoms. The average Bonchev–Trinajstić information content (AvgIpc) is 3.40. The predicted octanol–water partition coefficient (Wildman–Crippen LogP) is 5.61. The zero-order chi connectivity index (χ0) is 31.3. The van der Waals surface area contributed by atoms with Crippen LogP contribution in [0.15, 0.2) is 48.5 Å². The van der Waals surface area contributed by atoms with Crippen molar-refractivity contribution in [3.8, 4) is 0 Å². The first-order valence-electron chi connectivity index (χ1n) is 15.5. The Labute approximate surface area is 274 Å². The van der Waals surface area contributed by atoms with E-state index in [9.17, 15) is 9.59 Å². The number of halogens is 3. The number of amides is 2. The van der Waals surface area contributed by atoms with E-state index in [0.29, 0.717) is 60.4 Å². The average molecular weight is 664 g/mol. The molecular formula is C33H41Cl3N4O4. The third-order valence-electron chi connectivity index (χ3n) is 9.29. The second-order valence-corrected chi connectivity index (χ2v) is 13.1. The van der Waals surface area contributed by atoms with E-state index in [1.807, 2.05) is 41.3 Å². The van der Waals surface area contributed by atoms with Gasteiger partial charge in [0.05, 0.1) is 24.2 Å². The molecule has 3 heterocycles. The number of rotatable bonds is 11. The minimum atomic E-state index is -0.705. The molecule has 3 N–H and O–H groups in total. The Bertz CT molecular complexity index is 1340. The van der Waals surface area contributed by atoms with Crippen molar-refractivity contribution in [1.82, 2.24) is 9.80 Å². The van der Waals surface area contributed by atoms with E-state index in [-0.39, 0.29) is 31.1 Å². The second kappa shape index (κ2) is 14.8. The Morgan fingerprint density at radius 1 is 0.932 bits per heavy atom. The van der Waals surface area contributed by atoms with Crippen molar-refractivity contribution >= 4 is 58.0 Å². The van der Waals surface area contributed by atoms with E-state index < -0.39 is 11.5 Å². The highest BCUT2D eigenvalue weighted by atomic mass is 35.5. The van der Waals surface area contributed by atoms with Gasteiger partial charge in [-0.05, 0) is 100 Å². The molecule has 2 aromatic rings. The Hall–Kier alpha value is -2.33. The lowest BCUT2D eigenvalue weighted by molar-refractivity contribution is -0.143. The molecule has 2 fully saturated rings. The molecular weight excluding hydrogens is 623 g/mol. The van der Waals surface area contributed by atoms with Crippen molar-refractivity contribution in [1.29, 1.82) is 0 Å². The van der Waals surface area contributed by atoms with Crippen LogP contribution in [0.1, 0.15) is 50.5 Å². The summed E-state index contributed by atoms with van der Waals surface area (Å²) < 4.78 is 5.58. The fraction of sp³-hybridized carbons (Fsp3) is 0.515. The molecule has 8 nitrogen and oxygen atoms in total. The van der Waals surface area contributed by atoms with E-state index in [0.717, 1.165) is 42.9 Å². The SMILES string of the molecule is NC(=O)C1(N2CCCCC2)CCN(C(=O)C2C=C(c3ccc(Cl)cc3Cl)N(c3ccc(Cl)cc3)C2CCCOCCO)CC1. The van der Waals surface area contributed by atoms with Gasteiger partial charge >= 0.3 is 0 Å². The summed E-state index contributed by atoms with van der Waals surface area (Å²) in [7, 11) is 0. The number of nitrogens with zero attached hydrogens (tertiary/aromatic N) is 3. The van der Waals surface area contributed by atoms with E-state index >= 15 is 0 Å². The molecule has 2 unspecified atom stereocenters. The van der Waals surface area contributed by atoms with Crippen LogP contribution in [0.5, 0.6) is 0 Å². The van der Waals surface area contributed by atoms with E-state index in [1.165, 1.54) is 6.42 Å². The molecule has 0 aliphatic carbocycles. The number of aliphatic hydroxyl groups excluding tert-OH is 1. The van der Waals surface area contributed by atoms with Gasteiger partial charge in [0.1, 0.15) is 5.54 Å². The highest BCUT2D eigenvalue weighted by molar-refractivity contribution is 6.36. The third-order valence-corrected chi connectivity index (χ3v) is 10.1. The summed E-state index contributed by atoms with van der Waals surface area (Å²) in [5.41, 5.74) is 7.82. The standard InChI is InChI=1S/C33H41Cl3N4O4/c34-23-6-9-25(10-7-23)40-29(5-4-19-44-20-18-41)27(22-30(40)26-11-8-24(35)21-28(26)36)31(42)38-16-12-33(13-17-38,32(37)43)39-14-2-1-3-15-39/h6-11,21-22,27,29,41H,1-5,12-20H2,(H2,37,43).